The molecule has 0 spiro atoms. The first-order valence-corrected chi connectivity index (χ1v) is 9.93. The molecule has 0 aromatic carbocycles. The molecule has 0 aliphatic heterocycles. The zero-order valence-electron chi connectivity index (χ0n) is 15.6. The number of nitrogens with one attached hydrogen (secondary N) is 1. The van der Waals surface area contributed by atoms with Crippen molar-refractivity contribution < 1.29 is 9.21 Å². The second kappa shape index (κ2) is 8.95. The average molecular weight is 432 g/mol. The van der Waals surface area contributed by atoms with Crippen molar-refractivity contribution in [1.82, 2.24) is 10.3 Å². The van der Waals surface area contributed by atoms with E-state index in [1.807, 2.05) is 26.0 Å². The van der Waals surface area contributed by atoms with Crippen LogP contribution in [0, 0.1) is 25.7 Å². The van der Waals surface area contributed by atoms with Crippen molar-refractivity contribution in [2.75, 3.05) is 0 Å². The number of aryl methyl sites for hydroxylation is 2. The molecular formula is C19H27Cl2N3O2S. The lowest BCUT2D eigenvalue weighted by Gasteiger charge is -2.45. The molecule has 2 heterocycles. The minimum Gasteiger partial charge on any atom is -0.459 e. The van der Waals surface area contributed by atoms with Crippen LogP contribution >= 0.6 is 36.2 Å². The molecule has 27 heavy (non-hydrogen) atoms. The van der Waals surface area contributed by atoms with Crippen LogP contribution in [0.4, 0.5) is 0 Å². The van der Waals surface area contributed by atoms with Crippen LogP contribution in [-0.2, 0) is 0 Å². The van der Waals surface area contributed by atoms with Crippen LogP contribution in [0.25, 0.3) is 10.8 Å². The van der Waals surface area contributed by atoms with Gasteiger partial charge in [0.1, 0.15) is 10.6 Å². The number of carbonyl (C=O) groups excluding carboxylic acids is 1. The molecule has 5 nitrogen and oxygen atoms in total. The van der Waals surface area contributed by atoms with E-state index in [2.05, 4.69) is 10.3 Å². The summed E-state index contributed by atoms with van der Waals surface area (Å²) in [4.78, 5) is 18.1. The fraction of sp³-hybridized carbons (Fsp3) is 0.579. The van der Waals surface area contributed by atoms with Crippen molar-refractivity contribution >= 4 is 42.1 Å². The molecule has 2 aliphatic rings. The van der Waals surface area contributed by atoms with Crippen molar-refractivity contribution in [3.05, 3.63) is 28.5 Å². The number of aromatic nitrogens is 1. The third kappa shape index (κ3) is 4.50. The van der Waals surface area contributed by atoms with E-state index in [-0.39, 0.29) is 36.8 Å². The first-order valence-electron chi connectivity index (χ1n) is 9.12. The molecular weight excluding hydrogens is 405 g/mol. The maximum absolute atomic E-state index is 12.9. The quantitative estimate of drug-likeness (QED) is 0.749. The summed E-state index contributed by atoms with van der Waals surface area (Å²) in [6.45, 7) is 3.80. The summed E-state index contributed by atoms with van der Waals surface area (Å²) in [5, 5.41) is 4.08. The normalized spacial score (nSPS) is 26.6. The van der Waals surface area contributed by atoms with Gasteiger partial charge in [-0.3, -0.25) is 4.79 Å². The van der Waals surface area contributed by atoms with Crippen molar-refractivity contribution in [3.8, 4) is 10.8 Å². The first-order chi connectivity index (χ1) is 12.0. The Bertz CT molecular complexity index is 778. The molecule has 150 valence electrons. The fourth-order valence-corrected chi connectivity index (χ4v) is 5.43. The van der Waals surface area contributed by atoms with Crippen molar-refractivity contribution in [1.29, 1.82) is 0 Å². The van der Waals surface area contributed by atoms with Gasteiger partial charge in [-0.2, -0.15) is 0 Å². The molecule has 2 unspecified atom stereocenters. The summed E-state index contributed by atoms with van der Waals surface area (Å²) in [5.74, 6) is 2.62. The number of furan rings is 1. The zero-order valence-corrected chi connectivity index (χ0v) is 18.0. The van der Waals surface area contributed by atoms with Crippen LogP contribution < -0.4 is 11.1 Å². The molecule has 1 amide bonds. The van der Waals surface area contributed by atoms with Gasteiger partial charge >= 0.3 is 0 Å². The fourth-order valence-electron chi connectivity index (χ4n) is 4.50. The third-order valence-electron chi connectivity index (χ3n) is 5.63. The molecule has 3 N–H and O–H groups in total. The van der Waals surface area contributed by atoms with Gasteiger partial charge in [0.25, 0.3) is 5.91 Å². The Hall–Kier alpha value is -1.08. The van der Waals surface area contributed by atoms with Crippen LogP contribution in [0.15, 0.2) is 16.5 Å². The first kappa shape index (κ1) is 22.2. The van der Waals surface area contributed by atoms with E-state index in [0.29, 0.717) is 22.8 Å². The van der Waals surface area contributed by atoms with Gasteiger partial charge in [-0.05, 0) is 63.5 Å². The minimum atomic E-state index is 0. The third-order valence-corrected chi connectivity index (χ3v) is 6.80. The number of halogens is 2. The molecule has 2 saturated carbocycles. The van der Waals surface area contributed by atoms with Crippen molar-refractivity contribution in [2.24, 2.45) is 17.6 Å². The standard InChI is InChI=1S/C19H25N3O2S.2ClH/c1-10-6-7-15(24-10)19-21-11(2)17(25-19)18(23)22-16-12-4-3-5-13(16)9-14(20)8-12;;/h6-7,12-14,16H,3-5,8-9,20H2,1-2H3,(H,22,23);2*1H. The predicted molar refractivity (Wildman–Crippen MR) is 113 cm³/mol. The number of hydrogen-bond donors (Lipinski definition) is 2. The van der Waals surface area contributed by atoms with E-state index in [9.17, 15) is 4.79 Å². The molecule has 2 atom stereocenters. The Morgan fingerprint density at radius 1 is 1.22 bits per heavy atom. The zero-order chi connectivity index (χ0) is 17.6. The van der Waals surface area contributed by atoms with Crippen LogP contribution in [0.5, 0.6) is 0 Å². The summed E-state index contributed by atoms with van der Waals surface area (Å²) < 4.78 is 5.64. The summed E-state index contributed by atoms with van der Waals surface area (Å²) in [5.41, 5.74) is 6.96. The van der Waals surface area contributed by atoms with Crippen LogP contribution in [0.2, 0.25) is 0 Å². The van der Waals surface area contributed by atoms with Gasteiger partial charge < -0.3 is 15.5 Å². The van der Waals surface area contributed by atoms with Crippen LogP contribution in [-0.4, -0.2) is 23.0 Å². The average Bonchev–Trinajstić information content (AvgIpc) is 3.14. The largest absolute Gasteiger partial charge is 0.459 e. The number of carbonyl (C=O) groups is 1. The molecule has 2 fully saturated rings. The van der Waals surface area contributed by atoms with E-state index in [1.54, 1.807) is 0 Å². The van der Waals surface area contributed by atoms with Gasteiger partial charge in [-0.1, -0.05) is 6.42 Å². The van der Waals surface area contributed by atoms with Gasteiger partial charge in [0.15, 0.2) is 10.8 Å². The number of thiazole rings is 1. The Balaban J connectivity index is 0.00000131. The van der Waals surface area contributed by atoms with E-state index >= 15 is 0 Å². The number of nitrogens with two attached hydrogens (primary N) is 1. The van der Waals surface area contributed by atoms with Gasteiger partial charge in [-0.15, -0.1) is 36.2 Å². The van der Waals surface area contributed by atoms with E-state index in [1.165, 1.54) is 30.6 Å². The van der Waals surface area contributed by atoms with E-state index in [4.69, 9.17) is 10.2 Å². The maximum Gasteiger partial charge on any atom is 0.263 e. The van der Waals surface area contributed by atoms with Crippen LogP contribution in [0.1, 0.15) is 53.2 Å². The number of hydrogen-bond acceptors (Lipinski definition) is 5. The van der Waals surface area contributed by atoms with Crippen LogP contribution in [0.3, 0.4) is 0 Å². The smallest absolute Gasteiger partial charge is 0.263 e. The Labute approximate surface area is 176 Å². The number of fused-ring (bicyclic) bond motifs is 2. The Morgan fingerprint density at radius 2 is 1.89 bits per heavy atom. The topological polar surface area (TPSA) is 81.2 Å². The SMILES string of the molecule is Cc1ccc(-c2nc(C)c(C(=O)NC3C4CCCC3CC(N)C4)s2)o1.Cl.Cl. The minimum absolute atomic E-state index is 0. The van der Waals surface area contributed by atoms with Gasteiger partial charge in [0.2, 0.25) is 0 Å². The van der Waals surface area contributed by atoms with Crippen molar-refractivity contribution in [2.45, 2.75) is 58.0 Å². The molecule has 0 saturated heterocycles. The van der Waals surface area contributed by atoms with Crippen molar-refractivity contribution in [3.63, 3.8) is 0 Å². The summed E-state index contributed by atoms with van der Waals surface area (Å²) in [6.07, 6.45) is 5.66. The summed E-state index contributed by atoms with van der Waals surface area (Å²) >= 11 is 1.41. The molecule has 2 bridgehead atoms. The van der Waals surface area contributed by atoms with E-state index < -0.39 is 0 Å². The summed E-state index contributed by atoms with van der Waals surface area (Å²) in [7, 11) is 0. The molecule has 2 aromatic rings. The monoisotopic (exact) mass is 431 g/mol. The lowest BCUT2D eigenvalue weighted by atomic mass is 9.67. The summed E-state index contributed by atoms with van der Waals surface area (Å²) in [6, 6.07) is 4.37. The Morgan fingerprint density at radius 3 is 2.48 bits per heavy atom. The molecule has 8 heteroatoms. The molecule has 4 rings (SSSR count). The van der Waals surface area contributed by atoms with E-state index in [0.717, 1.165) is 35.1 Å². The van der Waals surface area contributed by atoms with Gasteiger partial charge in [0.05, 0.1) is 5.69 Å². The van der Waals surface area contributed by atoms with Gasteiger partial charge in [-0.25, -0.2) is 4.98 Å². The molecule has 2 aromatic heterocycles. The highest BCUT2D eigenvalue weighted by molar-refractivity contribution is 7.17. The number of amides is 1. The Kier molecular flexibility index (Phi) is 7.36. The highest BCUT2D eigenvalue weighted by Crippen LogP contribution is 2.40. The van der Waals surface area contributed by atoms with Gasteiger partial charge in [0, 0.05) is 12.1 Å². The number of nitrogens with zero attached hydrogens (tertiary/aromatic N) is 1. The lowest BCUT2D eigenvalue weighted by molar-refractivity contribution is 0.0759. The molecule has 0 radical (unpaired) electrons. The highest BCUT2D eigenvalue weighted by Gasteiger charge is 2.40. The predicted octanol–water partition coefficient (Wildman–Crippen LogP) is 4.50. The lowest BCUT2D eigenvalue weighted by Crippen LogP contribution is -2.53. The maximum atomic E-state index is 12.9. The second-order valence-electron chi connectivity index (χ2n) is 7.53. The second-order valence-corrected chi connectivity index (χ2v) is 8.52. The molecule has 2 aliphatic carbocycles. The highest BCUT2D eigenvalue weighted by atomic mass is 35.5. The number of rotatable bonds is 3.